The number of hydrogen-bond acceptors (Lipinski definition) is 3. The Morgan fingerprint density at radius 2 is 2.00 bits per heavy atom. The van der Waals surface area contributed by atoms with Gasteiger partial charge in [-0.25, -0.2) is 0 Å². The van der Waals surface area contributed by atoms with E-state index >= 15 is 0 Å². The highest BCUT2D eigenvalue weighted by molar-refractivity contribution is 5.36. The molecule has 1 aliphatic carbocycles. The molecule has 1 aliphatic heterocycles. The predicted molar refractivity (Wildman–Crippen MR) is 86.7 cm³/mol. The van der Waals surface area contributed by atoms with Gasteiger partial charge in [0, 0.05) is 13.1 Å². The first-order chi connectivity index (χ1) is 10.3. The smallest absolute Gasteiger partial charge is 0.0896 e. The number of morpholine rings is 1. The van der Waals surface area contributed by atoms with Crippen molar-refractivity contribution in [3.05, 3.63) is 35.4 Å². The summed E-state index contributed by atoms with van der Waals surface area (Å²) in [5.74, 6) is 0.793. The van der Waals surface area contributed by atoms with Gasteiger partial charge < -0.3 is 10.1 Å². The molecule has 1 saturated carbocycles. The van der Waals surface area contributed by atoms with E-state index in [1.54, 1.807) is 5.56 Å². The van der Waals surface area contributed by atoms with E-state index in [9.17, 15) is 0 Å². The molecule has 3 rings (SSSR count). The average Bonchev–Trinajstić information content (AvgIpc) is 3.33. The fourth-order valence-corrected chi connectivity index (χ4v) is 3.64. The first-order valence-corrected chi connectivity index (χ1v) is 8.44. The molecule has 2 unspecified atom stereocenters. The minimum absolute atomic E-state index is 0.259. The molecule has 0 amide bonds. The second-order valence-corrected chi connectivity index (χ2v) is 6.35. The quantitative estimate of drug-likeness (QED) is 0.871. The predicted octanol–water partition coefficient (Wildman–Crippen LogP) is 2.94. The van der Waals surface area contributed by atoms with Crippen LogP contribution in [0.4, 0.5) is 0 Å². The summed E-state index contributed by atoms with van der Waals surface area (Å²) in [7, 11) is 2.02. The topological polar surface area (TPSA) is 24.5 Å². The summed E-state index contributed by atoms with van der Waals surface area (Å²) in [5, 5.41) is 3.31. The van der Waals surface area contributed by atoms with Crippen LogP contribution >= 0.6 is 0 Å². The number of rotatable bonds is 6. The van der Waals surface area contributed by atoms with Crippen molar-refractivity contribution >= 4 is 0 Å². The van der Waals surface area contributed by atoms with E-state index < -0.39 is 0 Å². The van der Waals surface area contributed by atoms with Gasteiger partial charge in [-0.05, 0) is 49.9 Å². The average molecular weight is 288 g/mol. The van der Waals surface area contributed by atoms with Crippen LogP contribution in [0.15, 0.2) is 24.3 Å². The Balaban J connectivity index is 1.92. The lowest BCUT2D eigenvalue weighted by Gasteiger charge is -2.42. The molecule has 1 saturated heterocycles. The third-order valence-corrected chi connectivity index (χ3v) is 4.70. The van der Waals surface area contributed by atoms with Crippen molar-refractivity contribution in [3.63, 3.8) is 0 Å². The molecule has 1 aromatic rings. The molecule has 0 bridgehead atoms. The molecule has 3 heteroatoms. The van der Waals surface area contributed by atoms with Gasteiger partial charge in [0.25, 0.3) is 0 Å². The Kier molecular flexibility index (Phi) is 4.94. The summed E-state index contributed by atoms with van der Waals surface area (Å²) in [5.41, 5.74) is 3.07. The maximum atomic E-state index is 6.11. The Morgan fingerprint density at radius 3 is 2.67 bits per heavy atom. The van der Waals surface area contributed by atoms with E-state index in [2.05, 4.69) is 41.4 Å². The van der Waals surface area contributed by atoms with E-state index in [1.165, 1.54) is 24.8 Å². The van der Waals surface area contributed by atoms with Crippen molar-refractivity contribution in [1.82, 2.24) is 10.2 Å². The maximum Gasteiger partial charge on any atom is 0.0896 e. The van der Waals surface area contributed by atoms with E-state index in [0.29, 0.717) is 6.04 Å². The molecule has 1 aromatic carbocycles. The number of ether oxygens (including phenoxy) is 1. The van der Waals surface area contributed by atoms with Crippen molar-refractivity contribution < 1.29 is 4.74 Å². The van der Waals surface area contributed by atoms with Crippen molar-refractivity contribution in [2.24, 2.45) is 0 Å². The van der Waals surface area contributed by atoms with Gasteiger partial charge >= 0.3 is 0 Å². The number of hydrogen-bond donors (Lipinski definition) is 1. The van der Waals surface area contributed by atoms with E-state index in [0.717, 1.165) is 32.2 Å². The van der Waals surface area contributed by atoms with Gasteiger partial charge in [-0.15, -0.1) is 0 Å². The van der Waals surface area contributed by atoms with Crippen LogP contribution in [-0.4, -0.2) is 44.3 Å². The van der Waals surface area contributed by atoms with Gasteiger partial charge in [0.05, 0.1) is 18.8 Å². The zero-order valence-corrected chi connectivity index (χ0v) is 13.3. The normalized spacial score (nSPS) is 27.0. The minimum Gasteiger partial charge on any atom is -0.374 e. The summed E-state index contributed by atoms with van der Waals surface area (Å²) in [6, 6.07) is 9.46. The molecule has 2 atom stereocenters. The van der Waals surface area contributed by atoms with E-state index in [-0.39, 0.29) is 6.10 Å². The molecule has 0 aromatic heterocycles. The van der Waals surface area contributed by atoms with Crippen LogP contribution in [-0.2, 0) is 4.74 Å². The lowest BCUT2D eigenvalue weighted by Crippen LogP contribution is -2.49. The van der Waals surface area contributed by atoms with Crippen molar-refractivity contribution in [3.8, 4) is 0 Å². The zero-order valence-electron chi connectivity index (χ0n) is 13.3. The molecule has 0 radical (unpaired) electrons. The maximum absolute atomic E-state index is 6.11. The summed E-state index contributed by atoms with van der Waals surface area (Å²) >= 11 is 0. The van der Waals surface area contributed by atoms with Crippen LogP contribution in [0.25, 0.3) is 0 Å². The van der Waals surface area contributed by atoms with Crippen LogP contribution in [0.1, 0.15) is 49.3 Å². The third kappa shape index (κ3) is 3.31. The molecule has 2 aliphatic rings. The van der Waals surface area contributed by atoms with Crippen LogP contribution < -0.4 is 5.32 Å². The summed E-state index contributed by atoms with van der Waals surface area (Å²) < 4.78 is 6.11. The summed E-state index contributed by atoms with van der Waals surface area (Å²) in [6.07, 6.45) is 4.17. The van der Waals surface area contributed by atoms with E-state index in [1.807, 2.05) is 7.05 Å². The minimum atomic E-state index is 0.259. The number of likely N-dealkylation sites (N-methyl/N-ethyl adjacent to an activating group) is 1. The van der Waals surface area contributed by atoms with Gasteiger partial charge in [-0.1, -0.05) is 31.2 Å². The number of nitrogens with one attached hydrogen (secondary N) is 1. The molecule has 21 heavy (non-hydrogen) atoms. The number of nitrogens with zero attached hydrogens (tertiary/aromatic N) is 1. The molecular weight excluding hydrogens is 260 g/mol. The van der Waals surface area contributed by atoms with Gasteiger partial charge in [0.1, 0.15) is 0 Å². The molecule has 2 fully saturated rings. The highest BCUT2D eigenvalue weighted by Gasteiger charge is 2.36. The first-order valence-electron chi connectivity index (χ1n) is 8.44. The Bertz CT molecular complexity index is 440. The highest BCUT2D eigenvalue weighted by atomic mass is 16.5. The van der Waals surface area contributed by atoms with Crippen molar-refractivity contribution in [2.45, 2.75) is 44.2 Å². The van der Waals surface area contributed by atoms with Gasteiger partial charge in [-0.2, -0.15) is 0 Å². The summed E-state index contributed by atoms with van der Waals surface area (Å²) in [6.45, 7) is 6.26. The Hall–Kier alpha value is -0.900. The molecule has 116 valence electrons. The van der Waals surface area contributed by atoms with E-state index in [4.69, 9.17) is 4.74 Å². The van der Waals surface area contributed by atoms with Crippen molar-refractivity contribution in [1.29, 1.82) is 0 Å². The monoisotopic (exact) mass is 288 g/mol. The SMILES string of the molecule is CCCN1CCOC(CNC)C1c1ccccc1C1CC1. The Morgan fingerprint density at radius 1 is 1.24 bits per heavy atom. The molecule has 1 heterocycles. The number of benzene rings is 1. The molecule has 1 N–H and O–H groups in total. The fraction of sp³-hybridized carbons (Fsp3) is 0.667. The fourth-order valence-electron chi connectivity index (χ4n) is 3.64. The van der Waals surface area contributed by atoms with Crippen LogP contribution in [0, 0.1) is 0 Å². The Labute approximate surface area is 128 Å². The van der Waals surface area contributed by atoms with Gasteiger partial charge in [0.2, 0.25) is 0 Å². The third-order valence-electron chi connectivity index (χ3n) is 4.70. The lowest BCUT2D eigenvalue weighted by atomic mass is 9.91. The molecule has 3 nitrogen and oxygen atoms in total. The second-order valence-electron chi connectivity index (χ2n) is 6.35. The first kappa shape index (κ1) is 15.0. The highest BCUT2D eigenvalue weighted by Crippen LogP contribution is 2.45. The molecule has 0 spiro atoms. The van der Waals surface area contributed by atoms with Crippen molar-refractivity contribution in [2.75, 3.05) is 33.3 Å². The molecular formula is C18H28N2O. The van der Waals surface area contributed by atoms with Gasteiger partial charge in [-0.3, -0.25) is 4.90 Å². The standard InChI is InChI=1S/C18H28N2O/c1-3-10-20-11-12-21-17(13-19-2)18(20)16-7-5-4-6-15(16)14-8-9-14/h4-7,14,17-19H,3,8-13H2,1-2H3. The summed E-state index contributed by atoms with van der Waals surface area (Å²) in [4.78, 5) is 2.63. The zero-order chi connectivity index (χ0) is 14.7. The lowest BCUT2D eigenvalue weighted by molar-refractivity contribution is -0.0706. The van der Waals surface area contributed by atoms with Crippen LogP contribution in [0.3, 0.4) is 0 Å². The second kappa shape index (κ2) is 6.91. The van der Waals surface area contributed by atoms with Gasteiger partial charge in [0.15, 0.2) is 0 Å². The van der Waals surface area contributed by atoms with Crippen LogP contribution in [0.2, 0.25) is 0 Å². The largest absolute Gasteiger partial charge is 0.374 e. The van der Waals surface area contributed by atoms with Crippen LogP contribution in [0.5, 0.6) is 0 Å².